The zero-order valence-electron chi connectivity index (χ0n) is 15.6. The Labute approximate surface area is 147 Å². The first-order valence-electron chi connectivity index (χ1n) is 9.38. The van der Waals surface area contributed by atoms with E-state index in [4.69, 9.17) is 0 Å². The summed E-state index contributed by atoms with van der Waals surface area (Å²) >= 11 is 0. The Morgan fingerprint density at radius 2 is 1.92 bits per heavy atom. The molecule has 1 fully saturated rings. The molecule has 0 aromatic heterocycles. The van der Waals surface area contributed by atoms with Gasteiger partial charge >= 0.3 is 0 Å². The summed E-state index contributed by atoms with van der Waals surface area (Å²) < 4.78 is 0. The molecule has 0 bridgehead atoms. The third-order valence-corrected chi connectivity index (χ3v) is 4.86. The van der Waals surface area contributed by atoms with E-state index >= 15 is 0 Å². The molecule has 2 rings (SSSR count). The van der Waals surface area contributed by atoms with Crippen LogP contribution in [0.15, 0.2) is 35.9 Å². The van der Waals surface area contributed by atoms with Crippen molar-refractivity contribution in [3.8, 4) is 0 Å². The van der Waals surface area contributed by atoms with E-state index in [0.29, 0.717) is 6.04 Å². The summed E-state index contributed by atoms with van der Waals surface area (Å²) in [5.74, 6) is 0. The number of likely N-dealkylation sites (tertiary alicyclic amines) is 1. The fourth-order valence-electron chi connectivity index (χ4n) is 3.21. The van der Waals surface area contributed by atoms with Gasteiger partial charge in [0, 0.05) is 32.2 Å². The van der Waals surface area contributed by atoms with E-state index < -0.39 is 0 Å². The van der Waals surface area contributed by atoms with Crippen LogP contribution in [-0.2, 0) is 13.1 Å². The number of allylic oxidation sites excluding steroid dienone is 2. The van der Waals surface area contributed by atoms with Crippen molar-refractivity contribution in [2.24, 2.45) is 0 Å². The molecule has 1 aromatic carbocycles. The van der Waals surface area contributed by atoms with Crippen LogP contribution in [0.3, 0.4) is 0 Å². The Kier molecular flexibility index (Phi) is 7.97. The van der Waals surface area contributed by atoms with Crippen molar-refractivity contribution < 1.29 is 5.11 Å². The molecule has 3 heteroatoms. The van der Waals surface area contributed by atoms with Crippen molar-refractivity contribution in [1.82, 2.24) is 10.2 Å². The molecule has 1 aromatic rings. The van der Waals surface area contributed by atoms with Crippen LogP contribution in [0.1, 0.15) is 57.6 Å². The predicted molar refractivity (Wildman–Crippen MR) is 102 cm³/mol. The van der Waals surface area contributed by atoms with E-state index in [1.165, 1.54) is 23.1 Å². The number of aliphatic hydroxyl groups excluding tert-OH is 1. The van der Waals surface area contributed by atoms with Crippen molar-refractivity contribution in [2.45, 2.75) is 71.7 Å². The largest absolute Gasteiger partial charge is 0.393 e. The van der Waals surface area contributed by atoms with Crippen LogP contribution in [0.4, 0.5) is 0 Å². The summed E-state index contributed by atoms with van der Waals surface area (Å²) in [5.41, 5.74) is 4.22. The third kappa shape index (κ3) is 6.76. The Hall–Kier alpha value is -1.16. The van der Waals surface area contributed by atoms with E-state index in [1.54, 1.807) is 0 Å². The van der Waals surface area contributed by atoms with E-state index in [0.717, 1.165) is 45.4 Å². The lowest BCUT2D eigenvalue weighted by atomic mass is 10.0. The topological polar surface area (TPSA) is 35.5 Å². The minimum atomic E-state index is -0.0974. The third-order valence-electron chi connectivity index (χ3n) is 4.86. The van der Waals surface area contributed by atoms with Crippen molar-refractivity contribution in [3.63, 3.8) is 0 Å². The number of nitrogens with one attached hydrogen (secondary N) is 1. The number of piperidine rings is 1. The normalized spacial score (nSPS) is 17.7. The van der Waals surface area contributed by atoms with Gasteiger partial charge in [-0.2, -0.15) is 0 Å². The van der Waals surface area contributed by atoms with E-state index in [9.17, 15) is 5.11 Å². The zero-order chi connectivity index (χ0) is 17.4. The standard InChI is InChI=1S/C21H34N2O/c1-17(2)7-6-8-18(3)22-15-19-9-4-5-10-20(19)16-23-13-11-21(24)12-14-23/h4-5,7,9-10,18,21-22,24H,6,8,11-16H2,1-3H3. The van der Waals surface area contributed by atoms with Crippen molar-refractivity contribution in [2.75, 3.05) is 13.1 Å². The molecule has 1 atom stereocenters. The highest BCUT2D eigenvalue weighted by Crippen LogP contribution is 2.17. The predicted octanol–water partition coefficient (Wildman–Crippen LogP) is 3.87. The first-order chi connectivity index (χ1) is 11.5. The monoisotopic (exact) mass is 330 g/mol. The van der Waals surface area contributed by atoms with Gasteiger partial charge in [-0.15, -0.1) is 0 Å². The summed E-state index contributed by atoms with van der Waals surface area (Å²) in [6.45, 7) is 10.5. The van der Waals surface area contributed by atoms with Gasteiger partial charge in [0.2, 0.25) is 0 Å². The quantitative estimate of drug-likeness (QED) is 0.710. The highest BCUT2D eigenvalue weighted by atomic mass is 16.3. The van der Waals surface area contributed by atoms with E-state index in [1.807, 2.05) is 0 Å². The molecule has 24 heavy (non-hydrogen) atoms. The number of aliphatic hydroxyl groups is 1. The molecule has 0 amide bonds. The molecule has 1 saturated heterocycles. The van der Waals surface area contributed by atoms with Crippen LogP contribution in [0.2, 0.25) is 0 Å². The molecule has 134 valence electrons. The average molecular weight is 331 g/mol. The molecule has 0 spiro atoms. The molecule has 0 aliphatic carbocycles. The second-order valence-corrected chi connectivity index (χ2v) is 7.42. The Morgan fingerprint density at radius 1 is 1.25 bits per heavy atom. The van der Waals surface area contributed by atoms with Gasteiger partial charge in [0.25, 0.3) is 0 Å². The van der Waals surface area contributed by atoms with E-state index in [2.05, 4.69) is 61.3 Å². The molecular formula is C21H34N2O. The highest BCUT2D eigenvalue weighted by molar-refractivity contribution is 5.27. The average Bonchev–Trinajstić information content (AvgIpc) is 2.56. The van der Waals surface area contributed by atoms with Gasteiger partial charge in [-0.25, -0.2) is 0 Å². The van der Waals surface area contributed by atoms with Gasteiger partial charge in [0.15, 0.2) is 0 Å². The number of nitrogens with zero attached hydrogens (tertiary/aromatic N) is 1. The van der Waals surface area contributed by atoms with Gasteiger partial charge in [-0.1, -0.05) is 35.9 Å². The molecule has 1 unspecified atom stereocenters. The maximum Gasteiger partial charge on any atom is 0.0564 e. The summed E-state index contributed by atoms with van der Waals surface area (Å²) in [7, 11) is 0. The summed E-state index contributed by atoms with van der Waals surface area (Å²) in [6.07, 6.45) is 6.35. The highest BCUT2D eigenvalue weighted by Gasteiger charge is 2.17. The fourth-order valence-corrected chi connectivity index (χ4v) is 3.21. The SMILES string of the molecule is CC(C)=CCCC(C)NCc1ccccc1CN1CCC(O)CC1. The number of benzene rings is 1. The minimum absolute atomic E-state index is 0.0974. The van der Waals surface area contributed by atoms with Crippen LogP contribution < -0.4 is 5.32 Å². The maximum atomic E-state index is 9.66. The van der Waals surface area contributed by atoms with E-state index in [-0.39, 0.29) is 6.10 Å². The minimum Gasteiger partial charge on any atom is -0.393 e. The van der Waals surface area contributed by atoms with Gasteiger partial charge in [0.1, 0.15) is 0 Å². The van der Waals surface area contributed by atoms with Crippen LogP contribution in [0.25, 0.3) is 0 Å². The summed E-state index contributed by atoms with van der Waals surface area (Å²) in [5, 5.41) is 13.3. The van der Waals surface area contributed by atoms with Crippen molar-refractivity contribution in [1.29, 1.82) is 0 Å². The van der Waals surface area contributed by atoms with Gasteiger partial charge in [-0.3, -0.25) is 4.90 Å². The van der Waals surface area contributed by atoms with Crippen LogP contribution in [-0.4, -0.2) is 35.2 Å². The van der Waals surface area contributed by atoms with Gasteiger partial charge in [-0.05, 0) is 57.6 Å². The smallest absolute Gasteiger partial charge is 0.0564 e. The second-order valence-electron chi connectivity index (χ2n) is 7.42. The second kappa shape index (κ2) is 9.97. The molecular weight excluding hydrogens is 296 g/mol. The maximum absolute atomic E-state index is 9.66. The first-order valence-corrected chi connectivity index (χ1v) is 9.38. The number of hydrogen-bond donors (Lipinski definition) is 2. The van der Waals surface area contributed by atoms with Crippen molar-refractivity contribution in [3.05, 3.63) is 47.0 Å². The van der Waals surface area contributed by atoms with Gasteiger partial charge in [0.05, 0.1) is 6.10 Å². The zero-order valence-corrected chi connectivity index (χ0v) is 15.6. The molecule has 1 aliphatic rings. The fraction of sp³-hybridized carbons (Fsp3) is 0.619. The molecule has 3 nitrogen and oxygen atoms in total. The molecule has 0 saturated carbocycles. The first kappa shape index (κ1) is 19.2. The van der Waals surface area contributed by atoms with Crippen LogP contribution in [0.5, 0.6) is 0 Å². The summed E-state index contributed by atoms with van der Waals surface area (Å²) in [4.78, 5) is 2.46. The Morgan fingerprint density at radius 3 is 2.58 bits per heavy atom. The molecule has 2 N–H and O–H groups in total. The molecule has 0 radical (unpaired) electrons. The van der Waals surface area contributed by atoms with Crippen LogP contribution in [0, 0.1) is 0 Å². The lowest BCUT2D eigenvalue weighted by Gasteiger charge is -2.30. The Bertz CT molecular complexity index is 514. The van der Waals surface area contributed by atoms with Crippen molar-refractivity contribution >= 4 is 0 Å². The summed E-state index contributed by atoms with van der Waals surface area (Å²) in [6, 6.07) is 9.28. The lowest BCUT2D eigenvalue weighted by molar-refractivity contribution is 0.0791. The van der Waals surface area contributed by atoms with Gasteiger partial charge < -0.3 is 10.4 Å². The number of hydrogen-bond acceptors (Lipinski definition) is 3. The lowest BCUT2D eigenvalue weighted by Crippen LogP contribution is -2.35. The molecule has 1 aliphatic heterocycles. The molecule has 1 heterocycles. The number of rotatable bonds is 8. The van der Waals surface area contributed by atoms with Crippen LogP contribution >= 0.6 is 0 Å². The Balaban J connectivity index is 1.83.